The summed E-state index contributed by atoms with van der Waals surface area (Å²) in [5.74, 6) is 0. The topological polar surface area (TPSA) is 12.5 Å². The predicted molar refractivity (Wildman–Crippen MR) is 34.4 cm³/mol. The summed E-state index contributed by atoms with van der Waals surface area (Å²) < 4.78 is 29.0. The van der Waals surface area contributed by atoms with Gasteiger partial charge in [0, 0.05) is 0 Å². The second kappa shape index (κ2) is 2.05. The molecule has 0 aliphatic carbocycles. The molecule has 1 aliphatic heterocycles. The summed E-state index contributed by atoms with van der Waals surface area (Å²) in [6, 6.07) is 0. The highest BCUT2D eigenvalue weighted by Crippen LogP contribution is 2.42. The van der Waals surface area contributed by atoms with Crippen molar-refractivity contribution in [3.63, 3.8) is 0 Å². The fourth-order valence-electron chi connectivity index (χ4n) is 0.830. The first-order valence-electron chi connectivity index (χ1n) is 3.06. The molecule has 60 valence electrons. The monoisotopic (exact) mass is 170 g/mol. The third-order valence-electron chi connectivity index (χ3n) is 1.58. The van der Waals surface area contributed by atoms with Crippen LogP contribution in [0.3, 0.4) is 0 Å². The van der Waals surface area contributed by atoms with Crippen LogP contribution in [0.1, 0.15) is 20.3 Å². The Morgan fingerprint density at radius 2 is 2.00 bits per heavy atom. The predicted octanol–water partition coefficient (Wildman–Crippen LogP) is 2.39. The maximum atomic E-state index is 12.0. The molecule has 0 amide bonds. The molecular formula is C6H9ClF2O. The van der Waals surface area contributed by atoms with Crippen molar-refractivity contribution in [3.8, 4) is 0 Å². The second-order valence-corrected chi connectivity index (χ2v) is 3.58. The van der Waals surface area contributed by atoms with Crippen LogP contribution in [0.5, 0.6) is 0 Å². The van der Waals surface area contributed by atoms with Gasteiger partial charge in [-0.25, -0.2) is 0 Å². The van der Waals surface area contributed by atoms with E-state index in [1.165, 1.54) is 0 Å². The Morgan fingerprint density at radius 1 is 1.60 bits per heavy atom. The van der Waals surface area contributed by atoms with Crippen molar-refractivity contribution >= 4 is 11.6 Å². The van der Waals surface area contributed by atoms with Crippen molar-refractivity contribution in [3.05, 3.63) is 0 Å². The zero-order valence-corrected chi connectivity index (χ0v) is 6.58. The van der Waals surface area contributed by atoms with Crippen molar-refractivity contribution < 1.29 is 13.5 Å². The van der Waals surface area contributed by atoms with Gasteiger partial charge in [0.1, 0.15) is 0 Å². The second-order valence-electron chi connectivity index (χ2n) is 3.03. The van der Waals surface area contributed by atoms with Crippen LogP contribution in [0.2, 0.25) is 0 Å². The van der Waals surface area contributed by atoms with E-state index in [9.17, 15) is 8.78 Å². The van der Waals surface area contributed by atoms with Crippen molar-refractivity contribution in [1.82, 2.24) is 0 Å². The van der Waals surface area contributed by atoms with Crippen LogP contribution >= 0.6 is 11.6 Å². The number of hydrogen-bond acceptors (Lipinski definition) is 1. The summed E-state index contributed by atoms with van der Waals surface area (Å²) in [5.41, 5.74) is -0.391. The van der Waals surface area contributed by atoms with E-state index in [0.717, 1.165) is 0 Å². The largest absolute Gasteiger partial charge is 0.366 e. The normalized spacial score (nSPS) is 30.3. The van der Waals surface area contributed by atoms with Gasteiger partial charge in [0.05, 0.1) is 18.1 Å². The first-order chi connectivity index (χ1) is 4.31. The van der Waals surface area contributed by atoms with E-state index in [1.807, 2.05) is 0 Å². The van der Waals surface area contributed by atoms with Gasteiger partial charge in [-0.15, -0.1) is 0 Å². The number of ether oxygens (including phenoxy) is 1. The van der Waals surface area contributed by atoms with Crippen LogP contribution in [-0.2, 0) is 4.74 Å². The first-order valence-corrected chi connectivity index (χ1v) is 3.44. The molecule has 1 rings (SSSR count). The maximum Gasteiger partial charge on any atom is 0.324 e. The fourth-order valence-corrected chi connectivity index (χ4v) is 0.970. The standard InChI is InChI=1S/C6H9ClF2O/c1-5(2)4(10-5)3-6(7,8)9/h4H,3H2,1-2H3. The minimum Gasteiger partial charge on any atom is -0.366 e. The number of hydrogen-bond donors (Lipinski definition) is 0. The van der Waals surface area contributed by atoms with Crippen LogP contribution < -0.4 is 0 Å². The molecule has 1 unspecified atom stereocenters. The minimum absolute atomic E-state index is 0.375. The van der Waals surface area contributed by atoms with E-state index in [1.54, 1.807) is 13.8 Å². The average Bonchev–Trinajstić information content (AvgIpc) is 2.05. The first kappa shape index (κ1) is 8.21. The molecule has 0 N–H and O–H groups in total. The summed E-state index contributed by atoms with van der Waals surface area (Å²) in [6.45, 7) is 3.53. The molecule has 1 nitrogen and oxygen atoms in total. The molecule has 0 spiro atoms. The average molecular weight is 171 g/mol. The van der Waals surface area contributed by atoms with Gasteiger partial charge in [-0.3, -0.25) is 0 Å². The van der Waals surface area contributed by atoms with Crippen LogP contribution in [0, 0.1) is 0 Å². The van der Waals surface area contributed by atoms with Crippen molar-refractivity contribution in [1.29, 1.82) is 0 Å². The van der Waals surface area contributed by atoms with E-state index >= 15 is 0 Å². The molecule has 0 aromatic rings. The number of rotatable bonds is 2. The number of epoxide rings is 1. The molecule has 0 saturated carbocycles. The third kappa shape index (κ3) is 2.06. The van der Waals surface area contributed by atoms with Gasteiger partial charge in [0.15, 0.2) is 0 Å². The highest BCUT2D eigenvalue weighted by Gasteiger charge is 2.52. The van der Waals surface area contributed by atoms with Crippen LogP contribution in [0.25, 0.3) is 0 Å². The Morgan fingerprint density at radius 3 is 2.10 bits per heavy atom. The highest BCUT2D eigenvalue weighted by atomic mass is 35.5. The van der Waals surface area contributed by atoms with Crippen LogP contribution in [0.15, 0.2) is 0 Å². The van der Waals surface area contributed by atoms with Gasteiger partial charge in [0.25, 0.3) is 0 Å². The van der Waals surface area contributed by atoms with Gasteiger partial charge >= 0.3 is 5.38 Å². The van der Waals surface area contributed by atoms with E-state index in [2.05, 4.69) is 11.6 Å². The Bertz CT molecular complexity index is 141. The van der Waals surface area contributed by atoms with Crippen LogP contribution in [0.4, 0.5) is 8.78 Å². The van der Waals surface area contributed by atoms with Crippen molar-refractivity contribution in [2.45, 2.75) is 37.4 Å². The molecule has 1 fully saturated rings. The molecule has 4 heteroatoms. The Hall–Kier alpha value is 0.110. The molecule has 0 bridgehead atoms. The SMILES string of the molecule is CC1(C)OC1CC(F)(F)Cl. The zero-order valence-electron chi connectivity index (χ0n) is 5.83. The van der Waals surface area contributed by atoms with E-state index in [4.69, 9.17) is 4.74 Å². The molecule has 1 aliphatic rings. The molecule has 0 aromatic heterocycles. The lowest BCUT2D eigenvalue weighted by molar-refractivity contribution is 0.0764. The van der Waals surface area contributed by atoms with Gasteiger partial charge in [0.2, 0.25) is 0 Å². The molecular weight excluding hydrogens is 162 g/mol. The summed E-state index contributed by atoms with van der Waals surface area (Å²) in [7, 11) is 0. The van der Waals surface area contributed by atoms with Gasteiger partial charge in [-0.05, 0) is 25.4 Å². The number of alkyl halides is 3. The van der Waals surface area contributed by atoms with E-state index in [-0.39, 0.29) is 12.5 Å². The molecule has 0 radical (unpaired) electrons. The van der Waals surface area contributed by atoms with Crippen molar-refractivity contribution in [2.75, 3.05) is 0 Å². The smallest absolute Gasteiger partial charge is 0.324 e. The molecule has 1 atom stereocenters. The Balaban J connectivity index is 2.31. The van der Waals surface area contributed by atoms with E-state index < -0.39 is 11.0 Å². The Labute approximate surface area is 63.3 Å². The summed E-state index contributed by atoms with van der Waals surface area (Å²) in [5, 5.41) is -3.11. The number of halogens is 3. The summed E-state index contributed by atoms with van der Waals surface area (Å²) >= 11 is 4.68. The molecule has 1 heterocycles. The highest BCUT2D eigenvalue weighted by molar-refractivity contribution is 6.21. The molecule has 0 aromatic carbocycles. The Kier molecular flexibility index (Phi) is 1.68. The lowest BCUT2D eigenvalue weighted by Crippen LogP contribution is -2.13. The maximum absolute atomic E-state index is 12.0. The lowest BCUT2D eigenvalue weighted by atomic mass is 10.1. The van der Waals surface area contributed by atoms with Gasteiger partial charge < -0.3 is 4.74 Å². The van der Waals surface area contributed by atoms with E-state index in [0.29, 0.717) is 0 Å². The fraction of sp³-hybridized carbons (Fsp3) is 1.00. The van der Waals surface area contributed by atoms with Crippen molar-refractivity contribution in [2.24, 2.45) is 0 Å². The third-order valence-corrected chi connectivity index (χ3v) is 1.74. The molecule has 1 saturated heterocycles. The van der Waals surface area contributed by atoms with Gasteiger partial charge in [-0.2, -0.15) is 8.78 Å². The summed E-state index contributed by atoms with van der Waals surface area (Å²) in [4.78, 5) is 0. The zero-order chi connectivity index (χ0) is 7.99. The lowest BCUT2D eigenvalue weighted by Gasteiger charge is -2.04. The quantitative estimate of drug-likeness (QED) is 0.458. The van der Waals surface area contributed by atoms with Crippen LogP contribution in [-0.4, -0.2) is 17.1 Å². The summed E-state index contributed by atoms with van der Waals surface area (Å²) in [6.07, 6.45) is -0.762. The minimum atomic E-state index is -3.11. The molecule has 10 heavy (non-hydrogen) atoms. The van der Waals surface area contributed by atoms with Gasteiger partial charge in [-0.1, -0.05) is 0 Å².